The lowest BCUT2D eigenvalue weighted by Crippen LogP contribution is -2.40. The second-order valence-corrected chi connectivity index (χ2v) is 5.13. The number of carbonyl (C=O) groups is 1. The van der Waals surface area contributed by atoms with Crippen LogP contribution in [0.4, 0.5) is 5.69 Å². The maximum atomic E-state index is 12.7. The van der Waals surface area contributed by atoms with Gasteiger partial charge in [0.25, 0.3) is 5.91 Å². The molecular weight excluding hydrogens is 262 g/mol. The van der Waals surface area contributed by atoms with Crippen molar-refractivity contribution in [2.24, 2.45) is 0 Å². The van der Waals surface area contributed by atoms with Crippen molar-refractivity contribution in [1.29, 1.82) is 0 Å². The number of pyridine rings is 1. The van der Waals surface area contributed by atoms with Gasteiger partial charge in [-0.05, 0) is 36.7 Å². The van der Waals surface area contributed by atoms with Crippen LogP contribution >= 0.6 is 0 Å². The van der Waals surface area contributed by atoms with Gasteiger partial charge in [-0.15, -0.1) is 0 Å². The number of hydrogen-bond donors (Lipinski definition) is 1. The summed E-state index contributed by atoms with van der Waals surface area (Å²) < 4.78 is 0. The average molecular weight is 281 g/mol. The lowest BCUT2D eigenvalue weighted by Gasteiger charge is -2.34. The van der Waals surface area contributed by atoms with Crippen molar-refractivity contribution in [1.82, 2.24) is 10.3 Å². The van der Waals surface area contributed by atoms with Gasteiger partial charge in [0.05, 0.1) is 0 Å². The van der Waals surface area contributed by atoms with E-state index >= 15 is 0 Å². The summed E-state index contributed by atoms with van der Waals surface area (Å²) in [6.45, 7) is 3.74. The molecule has 2 heterocycles. The molecule has 0 spiro atoms. The normalized spacial score (nSPS) is 17.4. The topological polar surface area (TPSA) is 45.2 Å². The van der Waals surface area contributed by atoms with E-state index in [9.17, 15) is 4.79 Å². The third kappa shape index (κ3) is 2.67. The smallest absolute Gasteiger partial charge is 0.276 e. The van der Waals surface area contributed by atoms with Crippen molar-refractivity contribution in [2.75, 3.05) is 18.0 Å². The zero-order chi connectivity index (χ0) is 14.7. The predicted molar refractivity (Wildman–Crippen MR) is 83.4 cm³/mol. The molecule has 0 saturated heterocycles. The Labute approximate surface area is 124 Å². The Bertz CT molecular complexity index is 627. The summed E-state index contributed by atoms with van der Waals surface area (Å²) >= 11 is 0. The van der Waals surface area contributed by atoms with Crippen LogP contribution in [0.15, 0.2) is 48.7 Å². The van der Waals surface area contributed by atoms with Crippen molar-refractivity contribution < 1.29 is 4.79 Å². The van der Waals surface area contributed by atoms with Crippen LogP contribution in [0.3, 0.4) is 0 Å². The van der Waals surface area contributed by atoms with E-state index in [1.807, 2.05) is 35.2 Å². The van der Waals surface area contributed by atoms with Gasteiger partial charge in [0, 0.05) is 24.5 Å². The zero-order valence-corrected chi connectivity index (χ0v) is 12.1. The van der Waals surface area contributed by atoms with Crippen LogP contribution in [0.2, 0.25) is 0 Å². The highest BCUT2D eigenvalue weighted by Gasteiger charge is 2.28. The monoisotopic (exact) mass is 281 g/mol. The van der Waals surface area contributed by atoms with Gasteiger partial charge in [-0.2, -0.15) is 0 Å². The fraction of sp³-hybridized carbons (Fsp3) is 0.294. The molecule has 0 aliphatic carbocycles. The van der Waals surface area contributed by atoms with Crippen LogP contribution in [0.25, 0.3) is 0 Å². The van der Waals surface area contributed by atoms with E-state index in [1.165, 1.54) is 5.56 Å². The summed E-state index contributed by atoms with van der Waals surface area (Å²) in [5.74, 6) is -0.0296. The second kappa shape index (κ2) is 6.06. The Morgan fingerprint density at radius 3 is 2.86 bits per heavy atom. The van der Waals surface area contributed by atoms with E-state index in [4.69, 9.17) is 0 Å². The molecule has 1 aliphatic rings. The average Bonchev–Trinajstić information content (AvgIpc) is 2.56. The van der Waals surface area contributed by atoms with Crippen molar-refractivity contribution in [3.05, 3.63) is 59.9 Å². The van der Waals surface area contributed by atoms with Crippen LogP contribution in [-0.2, 0) is 0 Å². The van der Waals surface area contributed by atoms with Gasteiger partial charge in [0.1, 0.15) is 5.69 Å². The molecule has 1 atom stereocenters. The Hall–Kier alpha value is -2.20. The van der Waals surface area contributed by atoms with Crippen LogP contribution in [0.5, 0.6) is 0 Å². The summed E-state index contributed by atoms with van der Waals surface area (Å²) in [5, 5.41) is 3.49. The standard InChI is InChI=1S/C17H19N3O/c1-2-18-14-10-12-20(16-9-4-3-7-13(14)16)17(21)15-8-5-6-11-19-15/h3-9,11,14,18H,2,10,12H2,1H3. The minimum Gasteiger partial charge on any atom is -0.310 e. The highest BCUT2D eigenvalue weighted by atomic mass is 16.2. The molecule has 1 aliphatic heterocycles. The van der Waals surface area contributed by atoms with E-state index in [1.54, 1.807) is 12.3 Å². The number of carbonyl (C=O) groups excluding carboxylic acids is 1. The number of anilines is 1. The molecule has 4 nitrogen and oxygen atoms in total. The van der Waals surface area contributed by atoms with Crippen molar-refractivity contribution >= 4 is 11.6 Å². The first-order valence-electron chi connectivity index (χ1n) is 7.36. The number of amides is 1. The van der Waals surface area contributed by atoms with Crippen molar-refractivity contribution in [2.45, 2.75) is 19.4 Å². The number of aromatic nitrogens is 1. The number of rotatable bonds is 3. The SMILES string of the molecule is CCNC1CCN(C(=O)c2ccccn2)c2ccccc21. The number of nitrogens with zero attached hydrogens (tertiary/aromatic N) is 2. The van der Waals surface area contributed by atoms with Gasteiger partial charge in [-0.1, -0.05) is 31.2 Å². The molecule has 1 aromatic heterocycles. The Morgan fingerprint density at radius 1 is 1.29 bits per heavy atom. The van der Waals surface area contributed by atoms with Crippen LogP contribution in [0.1, 0.15) is 35.4 Å². The second-order valence-electron chi connectivity index (χ2n) is 5.13. The van der Waals surface area contributed by atoms with Crippen molar-refractivity contribution in [3.8, 4) is 0 Å². The minimum absolute atomic E-state index is 0.0296. The molecule has 0 radical (unpaired) electrons. The van der Waals surface area contributed by atoms with Gasteiger partial charge < -0.3 is 10.2 Å². The molecule has 2 aromatic rings. The first-order chi connectivity index (χ1) is 10.3. The fourth-order valence-electron chi connectivity index (χ4n) is 2.86. The first-order valence-corrected chi connectivity index (χ1v) is 7.36. The van der Waals surface area contributed by atoms with Gasteiger partial charge >= 0.3 is 0 Å². The lowest BCUT2D eigenvalue weighted by molar-refractivity contribution is 0.0979. The lowest BCUT2D eigenvalue weighted by atomic mass is 9.96. The summed E-state index contributed by atoms with van der Waals surface area (Å²) in [5.41, 5.74) is 2.68. The molecule has 0 saturated carbocycles. The molecular formula is C17H19N3O. The minimum atomic E-state index is -0.0296. The fourth-order valence-corrected chi connectivity index (χ4v) is 2.86. The maximum absolute atomic E-state index is 12.7. The van der Waals surface area contributed by atoms with Crippen LogP contribution < -0.4 is 10.2 Å². The first kappa shape index (κ1) is 13.8. The van der Waals surface area contributed by atoms with Gasteiger partial charge in [-0.25, -0.2) is 0 Å². The Morgan fingerprint density at radius 2 is 2.10 bits per heavy atom. The van der Waals surface area contributed by atoms with Gasteiger partial charge in [-0.3, -0.25) is 9.78 Å². The molecule has 0 fully saturated rings. The number of hydrogen-bond acceptors (Lipinski definition) is 3. The Balaban J connectivity index is 1.94. The summed E-state index contributed by atoms with van der Waals surface area (Å²) in [7, 11) is 0. The van der Waals surface area contributed by atoms with E-state index in [2.05, 4.69) is 23.3 Å². The van der Waals surface area contributed by atoms with E-state index in [0.29, 0.717) is 18.3 Å². The van der Waals surface area contributed by atoms with Crippen LogP contribution in [0, 0.1) is 0 Å². The molecule has 21 heavy (non-hydrogen) atoms. The van der Waals surface area contributed by atoms with Crippen molar-refractivity contribution in [3.63, 3.8) is 0 Å². The molecule has 0 bridgehead atoms. The molecule has 1 aromatic carbocycles. The van der Waals surface area contributed by atoms with E-state index in [0.717, 1.165) is 18.7 Å². The highest BCUT2D eigenvalue weighted by molar-refractivity contribution is 6.05. The van der Waals surface area contributed by atoms with Crippen LogP contribution in [-0.4, -0.2) is 24.0 Å². The zero-order valence-electron chi connectivity index (χ0n) is 12.1. The molecule has 4 heteroatoms. The summed E-state index contributed by atoms with van der Waals surface area (Å²) in [6, 6.07) is 13.9. The third-order valence-corrected chi connectivity index (χ3v) is 3.82. The molecule has 1 unspecified atom stereocenters. The van der Waals surface area contributed by atoms with E-state index < -0.39 is 0 Å². The largest absolute Gasteiger partial charge is 0.310 e. The van der Waals surface area contributed by atoms with E-state index in [-0.39, 0.29) is 5.91 Å². The number of nitrogens with one attached hydrogen (secondary N) is 1. The number of para-hydroxylation sites is 1. The number of fused-ring (bicyclic) bond motifs is 1. The maximum Gasteiger partial charge on any atom is 0.276 e. The quantitative estimate of drug-likeness (QED) is 0.941. The number of benzene rings is 1. The third-order valence-electron chi connectivity index (χ3n) is 3.82. The summed E-state index contributed by atoms with van der Waals surface area (Å²) in [6.07, 6.45) is 2.58. The molecule has 108 valence electrons. The van der Waals surface area contributed by atoms with Gasteiger partial charge in [0.15, 0.2) is 0 Å². The molecule has 1 N–H and O–H groups in total. The predicted octanol–water partition coefficient (Wildman–Crippen LogP) is 2.78. The van der Waals surface area contributed by atoms with Gasteiger partial charge in [0.2, 0.25) is 0 Å². The molecule has 1 amide bonds. The Kier molecular flexibility index (Phi) is 3.97. The highest BCUT2D eigenvalue weighted by Crippen LogP contribution is 2.34. The molecule has 3 rings (SSSR count). The summed E-state index contributed by atoms with van der Waals surface area (Å²) in [4.78, 5) is 18.7.